The predicted molar refractivity (Wildman–Crippen MR) is 100 cm³/mol. The van der Waals surface area contributed by atoms with Crippen LogP contribution in [0, 0.1) is 13.8 Å². The number of hydrogen-bond donors (Lipinski definition) is 1. The molecule has 6 nitrogen and oxygen atoms in total. The van der Waals surface area contributed by atoms with Gasteiger partial charge in [0.2, 0.25) is 0 Å². The molecule has 1 saturated heterocycles. The average Bonchev–Trinajstić information content (AvgIpc) is 2.86. The minimum atomic E-state index is -4.19. The van der Waals surface area contributed by atoms with Gasteiger partial charge in [-0.25, -0.2) is 0 Å². The Morgan fingerprint density at radius 1 is 1.28 bits per heavy atom. The average molecular weight is 475 g/mol. The maximum Gasteiger partial charge on any atom is 0.403 e. The van der Waals surface area contributed by atoms with E-state index in [2.05, 4.69) is 15.5 Å². The molecule has 1 N–H and O–H groups in total. The van der Waals surface area contributed by atoms with E-state index in [9.17, 15) is 13.2 Å². The highest BCUT2D eigenvalue weighted by molar-refractivity contribution is 14.0. The molecule has 25 heavy (non-hydrogen) atoms. The second-order valence-corrected chi connectivity index (χ2v) is 5.94. The summed E-state index contributed by atoms with van der Waals surface area (Å²) in [5.41, 5.74) is 1.79. The Kier molecular flexibility index (Phi) is 7.97. The summed E-state index contributed by atoms with van der Waals surface area (Å²) in [6.45, 7) is 7.15. The van der Waals surface area contributed by atoms with Crippen LogP contribution in [0.5, 0.6) is 0 Å². The normalized spacial score (nSPS) is 18.0. The summed E-state index contributed by atoms with van der Waals surface area (Å²) < 4.78 is 43.5. The van der Waals surface area contributed by atoms with Crippen LogP contribution in [-0.2, 0) is 6.54 Å². The van der Waals surface area contributed by atoms with Crippen LogP contribution in [0.1, 0.15) is 23.9 Å². The van der Waals surface area contributed by atoms with Crippen LogP contribution in [-0.4, -0.2) is 66.4 Å². The van der Waals surface area contributed by atoms with E-state index >= 15 is 0 Å². The Labute approximate surface area is 162 Å². The van der Waals surface area contributed by atoms with E-state index in [0.29, 0.717) is 38.7 Å². The molecule has 0 radical (unpaired) electrons. The van der Waals surface area contributed by atoms with Crippen molar-refractivity contribution in [1.29, 1.82) is 0 Å². The Balaban J connectivity index is 0.00000312. The van der Waals surface area contributed by atoms with Crippen LogP contribution in [0.25, 0.3) is 0 Å². The van der Waals surface area contributed by atoms with Gasteiger partial charge in [-0.2, -0.15) is 13.2 Å². The first kappa shape index (κ1) is 22.0. The Morgan fingerprint density at radius 2 is 1.88 bits per heavy atom. The molecule has 0 saturated carbocycles. The van der Waals surface area contributed by atoms with Gasteiger partial charge in [0, 0.05) is 45.3 Å². The highest BCUT2D eigenvalue weighted by Gasteiger charge is 2.41. The van der Waals surface area contributed by atoms with Gasteiger partial charge in [0.25, 0.3) is 0 Å². The van der Waals surface area contributed by atoms with E-state index in [1.165, 1.54) is 11.8 Å². The number of piperazine rings is 1. The zero-order chi connectivity index (χ0) is 17.9. The first-order valence-corrected chi connectivity index (χ1v) is 7.92. The van der Waals surface area contributed by atoms with Crippen molar-refractivity contribution in [3.8, 4) is 0 Å². The fourth-order valence-corrected chi connectivity index (χ4v) is 2.78. The Morgan fingerprint density at radius 3 is 2.32 bits per heavy atom. The van der Waals surface area contributed by atoms with Crippen molar-refractivity contribution in [3.05, 3.63) is 17.0 Å². The second kappa shape index (κ2) is 9.06. The molecule has 0 amide bonds. The minimum absolute atomic E-state index is 0. The molecular weight excluding hydrogens is 450 g/mol. The number of rotatable bonds is 3. The van der Waals surface area contributed by atoms with Gasteiger partial charge in [-0.05, 0) is 20.8 Å². The molecule has 10 heteroatoms. The number of aliphatic imine (C=N–C) groups is 1. The lowest BCUT2D eigenvalue weighted by Gasteiger charge is -2.39. The molecule has 0 bridgehead atoms. The fourth-order valence-electron chi connectivity index (χ4n) is 2.78. The number of hydrogen-bond acceptors (Lipinski definition) is 4. The Bertz CT molecular complexity index is 563. The van der Waals surface area contributed by atoms with E-state index in [-0.39, 0.29) is 24.0 Å². The summed E-state index contributed by atoms with van der Waals surface area (Å²) in [6, 6.07) is -1.42. The van der Waals surface area contributed by atoms with E-state index in [4.69, 9.17) is 4.52 Å². The number of halogens is 4. The maximum absolute atomic E-state index is 12.8. The first-order chi connectivity index (χ1) is 11.2. The monoisotopic (exact) mass is 475 g/mol. The molecule has 2 rings (SSSR count). The number of aromatic nitrogens is 1. The zero-order valence-corrected chi connectivity index (χ0v) is 17.2. The maximum atomic E-state index is 12.8. The molecule has 1 aromatic heterocycles. The summed E-state index contributed by atoms with van der Waals surface area (Å²) >= 11 is 0. The fraction of sp³-hybridized carbons (Fsp3) is 0.733. The van der Waals surface area contributed by atoms with Gasteiger partial charge in [0.1, 0.15) is 11.8 Å². The zero-order valence-electron chi connectivity index (χ0n) is 14.9. The third-order valence-corrected chi connectivity index (χ3v) is 4.45. The summed E-state index contributed by atoms with van der Waals surface area (Å²) in [5.74, 6) is 1.42. The SMILES string of the molecule is CN=C(NCc1c(C)noc1C)N1CCN(C(C)C(F)(F)F)CC1.I. The van der Waals surface area contributed by atoms with Crippen LogP contribution in [0.15, 0.2) is 9.52 Å². The molecule has 1 aliphatic rings. The highest BCUT2D eigenvalue weighted by Crippen LogP contribution is 2.25. The van der Waals surface area contributed by atoms with Crippen molar-refractivity contribution in [2.24, 2.45) is 4.99 Å². The van der Waals surface area contributed by atoms with Gasteiger partial charge in [0.15, 0.2) is 5.96 Å². The van der Waals surface area contributed by atoms with Crippen molar-refractivity contribution < 1.29 is 17.7 Å². The smallest absolute Gasteiger partial charge is 0.361 e. The van der Waals surface area contributed by atoms with Gasteiger partial charge in [0.05, 0.1) is 5.69 Å². The molecule has 0 aromatic carbocycles. The molecule has 0 aliphatic carbocycles. The van der Waals surface area contributed by atoms with Crippen molar-refractivity contribution in [2.45, 2.75) is 39.5 Å². The van der Waals surface area contributed by atoms with Crippen LogP contribution >= 0.6 is 24.0 Å². The summed E-state index contributed by atoms with van der Waals surface area (Å²) in [6.07, 6.45) is -4.19. The number of nitrogens with one attached hydrogen (secondary N) is 1. The summed E-state index contributed by atoms with van der Waals surface area (Å²) in [7, 11) is 1.67. The first-order valence-electron chi connectivity index (χ1n) is 7.92. The van der Waals surface area contributed by atoms with Gasteiger partial charge in [-0.15, -0.1) is 24.0 Å². The number of nitrogens with zero attached hydrogens (tertiary/aromatic N) is 4. The van der Waals surface area contributed by atoms with E-state index in [1.807, 2.05) is 18.7 Å². The predicted octanol–water partition coefficient (Wildman–Crippen LogP) is 2.55. The highest BCUT2D eigenvalue weighted by atomic mass is 127. The number of guanidine groups is 1. The molecule has 0 spiro atoms. The van der Waals surface area contributed by atoms with Crippen molar-refractivity contribution in [3.63, 3.8) is 0 Å². The Hall–Kier alpha value is -1.04. The van der Waals surface area contributed by atoms with Gasteiger partial charge in [-0.1, -0.05) is 5.16 Å². The molecule has 1 aliphatic heterocycles. The largest absolute Gasteiger partial charge is 0.403 e. The van der Waals surface area contributed by atoms with Crippen LogP contribution < -0.4 is 5.32 Å². The standard InChI is InChI=1S/C15H24F3N5O.HI/c1-10-13(11(2)24-21-10)9-20-14(19-4)23-7-5-22(6-8-23)12(3)15(16,17)18;/h12H,5-9H2,1-4H3,(H,19,20);1H. The third kappa shape index (κ3) is 5.47. The summed E-state index contributed by atoms with van der Waals surface area (Å²) in [5, 5.41) is 7.14. The number of alkyl halides is 3. The van der Waals surface area contributed by atoms with Crippen LogP contribution in [0.2, 0.25) is 0 Å². The van der Waals surface area contributed by atoms with E-state index in [0.717, 1.165) is 17.0 Å². The lowest BCUT2D eigenvalue weighted by atomic mass is 10.2. The topological polar surface area (TPSA) is 56.9 Å². The third-order valence-electron chi connectivity index (χ3n) is 4.45. The van der Waals surface area contributed by atoms with E-state index < -0.39 is 12.2 Å². The van der Waals surface area contributed by atoms with Crippen LogP contribution in [0.4, 0.5) is 13.2 Å². The van der Waals surface area contributed by atoms with Gasteiger partial charge >= 0.3 is 6.18 Å². The lowest BCUT2D eigenvalue weighted by Crippen LogP contribution is -2.56. The second-order valence-electron chi connectivity index (χ2n) is 5.94. The molecular formula is C15H25F3IN5O. The van der Waals surface area contributed by atoms with Crippen molar-refractivity contribution in [1.82, 2.24) is 20.3 Å². The van der Waals surface area contributed by atoms with Gasteiger partial charge < -0.3 is 14.7 Å². The minimum Gasteiger partial charge on any atom is -0.361 e. The molecule has 144 valence electrons. The molecule has 1 fully saturated rings. The molecule has 1 unspecified atom stereocenters. The molecule has 2 heterocycles. The van der Waals surface area contributed by atoms with E-state index in [1.54, 1.807) is 7.05 Å². The van der Waals surface area contributed by atoms with Crippen molar-refractivity contribution >= 4 is 29.9 Å². The van der Waals surface area contributed by atoms with Gasteiger partial charge in [-0.3, -0.25) is 9.89 Å². The molecule has 1 atom stereocenters. The van der Waals surface area contributed by atoms with Crippen molar-refractivity contribution in [2.75, 3.05) is 33.2 Å². The number of aryl methyl sites for hydroxylation is 2. The quantitative estimate of drug-likeness (QED) is 0.414. The lowest BCUT2D eigenvalue weighted by molar-refractivity contribution is -0.181. The van der Waals surface area contributed by atoms with Crippen LogP contribution in [0.3, 0.4) is 0 Å². The summed E-state index contributed by atoms with van der Waals surface area (Å²) in [4.78, 5) is 7.66. The molecule has 1 aromatic rings.